The summed E-state index contributed by atoms with van der Waals surface area (Å²) in [6, 6.07) is 23.6. The van der Waals surface area contributed by atoms with Gasteiger partial charge in [-0.3, -0.25) is 14.4 Å². The molecule has 7 atom stereocenters. The first-order valence-corrected chi connectivity index (χ1v) is 15.2. The Morgan fingerprint density at radius 3 is 2.33 bits per heavy atom. The lowest BCUT2D eigenvalue weighted by atomic mass is 9.70. The van der Waals surface area contributed by atoms with Crippen molar-refractivity contribution in [2.24, 2.45) is 11.8 Å². The maximum Gasteiger partial charge on any atom is 0.248 e. The van der Waals surface area contributed by atoms with Crippen LogP contribution in [0.3, 0.4) is 0 Å². The van der Waals surface area contributed by atoms with Crippen LogP contribution in [0.25, 0.3) is 0 Å². The molecule has 3 aromatic carbocycles. The number of amides is 3. The van der Waals surface area contributed by atoms with E-state index in [4.69, 9.17) is 11.6 Å². The van der Waals surface area contributed by atoms with Crippen LogP contribution in [0.4, 0.5) is 11.4 Å². The minimum atomic E-state index is -0.941. The summed E-state index contributed by atoms with van der Waals surface area (Å²) >= 11 is 11.7. The summed E-state index contributed by atoms with van der Waals surface area (Å²) in [5.41, 5.74) is 1.80. The second kappa shape index (κ2) is 10.9. The summed E-state index contributed by atoms with van der Waals surface area (Å²) in [5.74, 6) is -2.34. The molecule has 0 aliphatic carbocycles. The van der Waals surface area contributed by atoms with E-state index >= 15 is 0 Å². The highest BCUT2D eigenvalue weighted by Gasteiger charge is 2.76. The zero-order chi connectivity index (χ0) is 28.0. The first kappa shape index (κ1) is 27.3. The second-order valence-electron chi connectivity index (χ2n) is 10.3. The number of aliphatic hydroxyl groups is 1. The van der Waals surface area contributed by atoms with Crippen molar-refractivity contribution in [3.05, 3.63) is 95.5 Å². The highest BCUT2D eigenvalue weighted by molar-refractivity contribution is 9.09. The molecule has 6 rings (SSSR count). The molecule has 7 nitrogen and oxygen atoms in total. The summed E-state index contributed by atoms with van der Waals surface area (Å²) in [6.45, 7) is -0.374. The van der Waals surface area contributed by atoms with Crippen molar-refractivity contribution < 1.29 is 19.5 Å². The number of hydrogen-bond donors (Lipinski definition) is 3. The Morgan fingerprint density at radius 2 is 1.65 bits per heavy atom. The van der Waals surface area contributed by atoms with Gasteiger partial charge < -0.3 is 20.6 Å². The summed E-state index contributed by atoms with van der Waals surface area (Å²) in [4.78, 5) is 43.9. The van der Waals surface area contributed by atoms with Gasteiger partial charge in [-0.2, -0.15) is 0 Å². The molecule has 3 fully saturated rings. The van der Waals surface area contributed by atoms with Gasteiger partial charge in [0.15, 0.2) is 0 Å². The Labute approximate surface area is 249 Å². The maximum absolute atomic E-state index is 14.5. The van der Waals surface area contributed by atoms with Gasteiger partial charge in [0, 0.05) is 15.8 Å². The van der Waals surface area contributed by atoms with Crippen LogP contribution in [0.5, 0.6) is 0 Å². The van der Waals surface area contributed by atoms with Crippen molar-refractivity contribution in [1.82, 2.24) is 4.90 Å². The predicted octanol–water partition coefficient (Wildman–Crippen LogP) is 5.12. The van der Waals surface area contributed by atoms with E-state index in [2.05, 4.69) is 26.6 Å². The molecule has 3 N–H and O–H groups in total. The molecule has 3 aromatic rings. The number of nitrogens with one attached hydrogen (secondary N) is 2. The fourth-order valence-corrected chi connectivity index (χ4v) is 10.3. The topological polar surface area (TPSA) is 98.7 Å². The largest absolute Gasteiger partial charge is 0.394 e. The van der Waals surface area contributed by atoms with E-state index in [0.29, 0.717) is 28.4 Å². The zero-order valence-electron chi connectivity index (χ0n) is 21.2. The van der Waals surface area contributed by atoms with Gasteiger partial charge in [0.1, 0.15) is 6.04 Å². The fraction of sp³-hybridized carbons (Fsp3) is 0.300. The van der Waals surface area contributed by atoms with E-state index in [9.17, 15) is 19.5 Å². The first-order chi connectivity index (χ1) is 19.4. The average Bonchev–Trinajstić information content (AvgIpc) is 3.55. The van der Waals surface area contributed by atoms with Gasteiger partial charge in [0.25, 0.3) is 0 Å². The number of para-hydroxylation sites is 2. The molecule has 3 aliphatic rings. The average molecular weight is 641 g/mol. The maximum atomic E-state index is 14.5. The van der Waals surface area contributed by atoms with Gasteiger partial charge >= 0.3 is 0 Å². The molecule has 3 amide bonds. The van der Waals surface area contributed by atoms with E-state index in [1.165, 1.54) is 4.90 Å². The minimum Gasteiger partial charge on any atom is -0.394 e. The van der Waals surface area contributed by atoms with E-state index in [1.807, 2.05) is 48.5 Å². The molecule has 3 unspecified atom stereocenters. The smallest absolute Gasteiger partial charge is 0.248 e. The number of carbonyl (C=O) groups is 3. The summed E-state index contributed by atoms with van der Waals surface area (Å²) < 4.78 is -0.873. The monoisotopic (exact) mass is 639 g/mol. The van der Waals surface area contributed by atoms with Crippen LogP contribution < -0.4 is 10.6 Å². The van der Waals surface area contributed by atoms with Gasteiger partial charge in [0.05, 0.1) is 39.9 Å². The number of nitrogens with zero attached hydrogens (tertiary/aromatic N) is 1. The standard InChI is InChI=1S/C30H27BrClN3O4S/c31-19-15-30-24(23(25(19)40-30)27(37)33-18-11-5-2-6-12-18)29(39)35(22(16-36)17-9-3-1-4-10-17)26(30)28(38)34-21-14-8-7-13-20(21)32/h1-14,19,22-26,36H,15-16H2,(H,33,37)(H,34,38)/t19?,22-,23+,24+,25+,26?,30?/m1/s1. The molecule has 206 valence electrons. The Bertz CT molecular complexity index is 1450. The molecule has 3 aliphatic heterocycles. The molecule has 0 radical (unpaired) electrons. The van der Waals surface area contributed by atoms with Crippen molar-refractivity contribution >= 4 is 68.4 Å². The molecular weight excluding hydrogens is 614 g/mol. The number of aliphatic hydroxyl groups excluding tert-OH is 1. The number of rotatable bonds is 7. The van der Waals surface area contributed by atoms with Crippen LogP contribution in [0.1, 0.15) is 18.0 Å². The minimum absolute atomic E-state index is 0.0760. The number of hydrogen-bond acceptors (Lipinski definition) is 5. The molecule has 3 heterocycles. The van der Waals surface area contributed by atoms with Crippen LogP contribution >= 0.6 is 39.3 Å². The molecule has 3 saturated heterocycles. The summed E-state index contributed by atoms with van der Waals surface area (Å²) in [6.07, 6.45) is 0.526. The Hall–Kier alpha value is -2.85. The van der Waals surface area contributed by atoms with Crippen molar-refractivity contribution in [3.8, 4) is 0 Å². The normalized spacial score (nSPS) is 29.2. The van der Waals surface area contributed by atoms with E-state index in [0.717, 1.165) is 0 Å². The Kier molecular flexibility index (Phi) is 7.41. The number of anilines is 2. The SMILES string of the molecule is O=C(Nc1ccccc1Cl)C1N([C@H](CO)c2ccccc2)C(=O)[C@@H]2[C@H](C(=O)Nc3ccccc3)[C@H]3SC12CC3Br. The van der Waals surface area contributed by atoms with E-state index in [1.54, 1.807) is 48.2 Å². The lowest BCUT2D eigenvalue weighted by Crippen LogP contribution is -2.53. The highest BCUT2D eigenvalue weighted by atomic mass is 79.9. The quantitative estimate of drug-likeness (QED) is 0.312. The number of thioether (sulfide) groups is 1. The van der Waals surface area contributed by atoms with Crippen molar-refractivity contribution in [3.63, 3.8) is 0 Å². The van der Waals surface area contributed by atoms with Crippen LogP contribution in [-0.2, 0) is 14.4 Å². The van der Waals surface area contributed by atoms with Crippen LogP contribution in [0.15, 0.2) is 84.9 Å². The third-order valence-corrected chi connectivity index (χ3v) is 11.7. The lowest BCUT2D eigenvalue weighted by molar-refractivity contribution is -0.141. The van der Waals surface area contributed by atoms with Gasteiger partial charge in [0.2, 0.25) is 17.7 Å². The molecule has 40 heavy (non-hydrogen) atoms. The Balaban J connectivity index is 1.43. The third-order valence-electron chi connectivity index (χ3n) is 8.14. The molecule has 2 bridgehead atoms. The van der Waals surface area contributed by atoms with Crippen LogP contribution in [0, 0.1) is 11.8 Å². The van der Waals surface area contributed by atoms with E-state index in [-0.39, 0.29) is 28.5 Å². The van der Waals surface area contributed by atoms with E-state index < -0.39 is 34.6 Å². The number of carbonyl (C=O) groups excluding carboxylic acids is 3. The van der Waals surface area contributed by atoms with Crippen molar-refractivity contribution in [1.29, 1.82) is 0 Å². The lowest BCUT2D eigenvalue weighted by Gasteiger charge is -2.37. The predicted molar refractivity (Wildman–Crippen MR) is 160 cm³/mol. The second-order valence-corrected chi connectivity index (χ2v) is 13.5. The van der Waals surface area contributed by atoms with Gasteiger partial charge in [-0.25, -0.2) is 0 Å². The number of benzene rings is 3. The number of alkyl halides is 1. The molecular formula is C30H27BrClN3O4S. The molecule has 0 saturated carbocycles. The van der Waals surface area contributed by atoms with Gasteiger partial charge in [-0.1, -0.05) is 88.2 Å². The number of fused-ring (bicyclic) bond motifs is 1. The van der Waals surface area contributed by atoms with Crippen molar-refractivity contribution in [2.45, 2.75) is 33.3 Å². The fourth-order valence-electron chi connectivity index (χ4n) is 6.54. The Morgan fingerprint density at radius 1 is 1.00 bits per heavy atom. The summed E-state index contributed by atoms with van der Waals surface area (Å²) in [5, 5.41) is 16.7. The van der Waals surface area contributed by atoms with Crippen LogP contribution in [-0.4, -0.2) is 55.2 Å². The third kappa shape index (κ3) is 4.43. The van der Waals surface area contributed by atoms with Crippen molar-refractivity contribution in [2.75, 3.05) is 17.2 Å². The first-order valence-electron chi connectivity index (χ1n) is 13.1. The van der Waals surface area contributed by atoms with Gasteiger partial charge in [-0.15, -0.1) is 11.8 Å². The molecule has 0 aromatic heterocycles. The summed E-state index contributed by atoms with van der Waals surface area (Å²) in [7, 11) is 0. The molecule has 1 spiro atoms. The number of halogens is 2. The van der Waals surface area contributed by atoms with Crippen LogP contribution in [0.2, 0.25) is 5.02 Å². The van der Waals surface area contributed by atoms with Gasteiger partial charge in [-0.05, 0) is 36.2 Å². The number of likely N-dealkylation sites (tertiary alicyclic amines) is 1. The molecule has 10 heteroatoms. The zero-order valence-corrected chi connectivity index (χ0v) is 24.4. The highest BCUT2D eigenvalue weighted by Crippen LogP contribution is 2.68.